The predicted molar refractivity (Wildman–Crippen MR) is 85.3 cm³/mol. The van der Waals surface area contributed by atoms with Gasteiger partial charge in [-0.1, -0.05) is 35.9 Å². The van der Waals surface area contributed by atoms with E-state index in [0.717, 1.165) is 5.56 Å². The minimum Gasteiger partial charge on any atom is -0.200 e. The van der Waals surface area contributed by atoms with Crippen LogP contribution in [0.1, 0.15) is 16.7 Å². The fourth-order valence-corrected chi connectivity index (χ4v) is 3.12. The van der Waals surface area contributed by atoms with Gasteiger partial charge in [-0.05, 0) is 48.7 Å². The first kappa shape index (κ1) is 15.5. The highest BCUT2D eigenvalue weighted by Gasteiger charge is 2.15. The van der Waals surface area contributed by atoms with E-state index in [1.165, 1.54) is 6.21 Å². The van der Waals surface area contributed by atoms with E-state index in [9.17, 15) is 8.42 Å². The molecule has 0 aromatic heterocycles. The highest BCUT2D eigenvalue weighted by Crippen LogP contribution is 2.16. The summed E-state index contributed by atoms with van der Waals surface area (Å²) in [4.78, 5) is 2.44. The van der Waals surface area contributed by atoms with E-state index in [-0.39, 0.29) is 4.90 Å². The second kappa shape index (κ2) is 6.28. The summed E-state index contributed by atoms with van der Waals surface area (Å²) in [5, 5.41) is 4.35. The quantitative estimate of drug-likeness (QED) is 0.693. The van der Waals surface area contributed by atoms with Gasteiger partial charge < -0.3 is 0 Å². The van der Waals surface area contributed by atoms with Crippen molar-refractivity contribution >= 4 is 27.8 Å². The van der Waals surface area contributed by atoms with Gasteiger partial charge in [0.2, 0.25) is 0 Å². The van der Waals surface area contributed by atoms with E-state index in [0.29, 0.717) is 16.1 Å². The van der Waals surface area contributed by atoms with Crippen molar-refractivity contribution in [2.45, 2.75) is 18.7 Å². The van der Waals surface area contributed by atoms with Gasteiger partial charge in [0.15, 0.2) is 0 Å². The number of hydrogen-bond donors (Lipinski definition) is 1. The third-order valence-corrected chi connectivity index (χ3v) is 4.47. The zero-order chi connectivity index (χ0) is 15.5. The van der Waals surface area contributed by atoms with Gasteiger partial charge in [-0.25, -0.2) is 4.83 Å². The maximum Gasteiger partial charge on any atom is 0.276 e. The summed E-state index contributed by atoms with van der Waals surface area (Å²) < 4.78 is 24.4. The van der Waals surface area contributed by atoms with Crippen molar-refractivity contribution in [3.63, 3.8) is 0 Å². The Morgan fingerprint density at radius 2 is 1.90 bits per heavy atom. The van der Waals surface area contributed by atoms with Crippen molar-refractivity contribution in [1.82, 2.24) is 4.83 Å². The molecule has 21 heavy (non-hydrogen) atoms. The van der Waals surface area contributed by atoms with Crippen LogP contribution >= 0.6 is 11.6 Å². The van der Waals surface area contributed by atoms with Crippen LogP contribution in [-0.2, 0) is 10.0 Å². The van der Waals surface area contributed by atoms with Crippen LogP contribution in [0, 0.1) is 13.8 Å². The molecule has 0 aliphatic heterocycles. The van der Waals surface area contributed by atoms with Gasteiger partial charge in [-0.15, -0.1) is 0 Å². The predicted octanol–water partition coefficient (Wildman–Crippen LogP) is 3.27. The molecule has 0 amide bonds. The summed E-state index contributed by atoms with van der Waals surface area (Å²) in [5.74, 6) is 0. The molecule has 2 aromatic rings. The largest absolute Gasteiger partial charge is 0.276 e. The summed E-state index contributed by atoms with van der Waals surface area (Å²) in [6, 6.07) is 12.2. The highest BCUT2D eigenvalue weighted by molar-refractivity contribution is 7.89. The second-order valence-electron chi connectivity index (χ2n) is 4.68. The Morgan fingerprint density at radius 3 is 2.62 bits per heavy atom. The molecular weight excluding hydrogens is 308 g/mol. The second-order valence-corrected chi connectivity index (χ2v) is 6.74. The molecule has 2 rings (SSSR count). The maximum absolute atomic E-state index is 12.2. The van der Waals surface area contributed by atoms with Crippen LogP contribution in [-0.4, -0.2) is 14.6 Å². The zero-order valence-corrected chi connectivity index (χ0v) is 13.2. The molecule has 6 heteroatoms. The Morgan fingerprint density at radius 1 is 1.14 bits per heavy atom. The average Bonchev–Trinajstić information content (AvgIpc) is 2.41. The summed E-state index contributed by atoms with van der Waals surface area (Å²) in [5.41, 5.74) is 2.26. The summed E-state index contributed by atoms with van der Waals surface area (Å²) in [6.07, 6.45) is 1.41. The molecule has 2 aromatic carbocycles. The van der Waals surface area contributed by atoms with E-state index < -0.39 is 10.0 Å². The summed E-state index contributed by atoms with van der Waals surface area (Å²) in [7, 11) is -3.67. The first-order chi connectivity index (χ1) is 9.88. The van der Waals surface area contributed by atoms with Gasteiger partial charge in [0, 0.05) is 5.02 Å². The number of rotatable bonds is 4. The Kier molecular flexibility index (Phi) is 4.65. The lowest BCUT2D eigenvalue weighted by molar-refractivity contribution is 0.584. The molecule has 0 aliphatic rings. The van der Waals surface area contributed by atoms with Crippen molar-refractivity contribution in [2.75, 3.05) is 0 Å². The van der Waals surface area contributed by atoms with E-state index >= 15 is 0 Å². The monoisotopic (exact) mass is 322 g/mol. The highest BCUT2D eigenvalue weighted by atomic mass is 35.5. The van der Waals surface area contributed by atoms with E-state index in [1.807, 2.05) is 13.0 Å². The molecule has 0 bridgehead atoms. The molecule has 0 fully saturated rings. The number of nitrogens with one attached hydrogen (secondary N) is 1. The van der Waals surface area contributed by atoms with Gasteiger partial charge in [-0.3, -0.25) is 0 Å². The molecule has 0 unspecified atom stereocenters. The maximum atomic E-state index is 12.2. The Bertz CT molecular complexity index is 786. The molecule has 4 nitrogen and oxygen atoms in total. The van der Waals surface area contributed by atoms with Crippen LogP contribution in [0.4, 0.5) is 0 Å². The van der Waals surface area contributed by atoms with Crippen LogP contribution in [0.3, 0.4) is 0 Å². The van der Waals surface area contributed by atoms with Gasteiger partial charge >= 0.3 is 0 Å². The summed E-state index contributed by atoms with van der Waals surface area (Å²) in [6.45, 7) is 3.59. The number of sulfonamides is 1. The number of hydrogen-bond acceptors (Lipinski definition) is 3. The van der Waals surface area contributed by atoms with Crippen LogP contribution in [0.5, 0.6) is 0 Å². The average molecular weight is 323 g/mol. The molecule has 0 spiro atoms. The molecule has 0 radical (unpaired) electrons. The van der Waals surface area contributed by atoms with Gasteiger partial charge in [0.1, 0.15) is 0 Å². The number of aryl methyl sites for hydroxylation is 2. The SMILES string of the molecule is Cc1ccc(C)c(S(=O)(=O)NN=Cc2cccc(Cl)c2)c1. The molecule has 0 saturated heterocycles. The van der Waals surface area contributed by atoms with Gasteiger partial charge in [0.05, 0.1) is 11.1 Å². The minimum atomic E-state index is -3.67. The Hall–Kier alpha value is -1.85. The summed E-state index contributed by atoms with van der Waals surface area (Å²) >= 11 is 5.85. The van der Waals surface area contributed by atoms with Crippen LogP contribution in [0.25, 0.3) is 0 Å². The van der Waals surface area contributed by atoms with Crippen LogP contribution < -0.4 is 4.83 Å². The van der Waals surface area contributed by atoms with Gasteiger partial charge in [0.25, 0.3) is 10.0 Å². The molecule has 1 N–H and O–H groups in total. The lowest BCUT2D eigenvalue weighted by atomic mass is 10.2. The van der Waals surface area contributed by atoms with Crippen molar-refractivity contribution in [3.8, 4) is 0 Å². The number of nitrogens with zero attached hydrogens (tertiary/aromatic N) is 1. The molecule has 0 aliphatic carbocycles. The smallest absolute Gasteiger partial charge is 0.200 e. The third kappa shape index (κ3) is 4.06. The van der Waals surface area contributed by atoms with Crippen molar-refractivity contribution in [1.29, 1.82) is 0 Å². The molecule has 0 saturated carbocycles. The van der Waals surface area contributed by atoms with E-state index in [4.69, 9.17) is 11.6 Å². The van der Waals surface area contributed by atoms with Crippen LogP contribution in [0.2, 0.25) is 5.02 Å². The topological polar surface area (TPSA) is 58.5 Å². The number of halogens is 1. The first-order valence-electron chi connectivity index (χ1n) is 6.26. The molecular formula is C15H15ClN2O2S. The van der Waals surface area contributed by atoms with Gasteiger partial charge in [-0.2, -0.15) is 13.5 Å². The Balaban J connectivity index is 2.20. The Labute approximate surface area is 129 Å². The lowest BCUT2D eigenvalue weighted by Crippen LogP contribution is -2.19. The van der Waals surface area contributed by atoms with E-state index in [2.05, 4.69) is 9.93 Å². The minimum absolute atomic E-state index is 0.228. The number of hydrazone groups is 1. The fourth-order valence-electron chi connectivity index (χ4n) is 1.80. The van der Waals surface area contributed by atoms with Crippen molar-refractivity contribution in [3.05, 3.63) is 64.2 Å². The molecule has 0 heterocycles. The van der Waals surface area contributed by atoms with E-state index in [1.54, 1.807) is 43.3 Å². The van der Waals surface area contributed by atoms with Crippen LogP contribution in [0.15, 0.2) is 52.5 Å². The lowest BCUT2D eigenvalue weighted by Gasteiger charge is -2.07. The standard InChI is InChI=1S/C15H15ClN2O2S/c1-11-6-7-12(2)15(8-11)21(19,20)18-17-10-13-4-3-5-14(16)9-13/h3-10,18H,1-2H3. The molecule has 110 valence electrons. The van der Waals surface area contributed by atoms with Crippen molar-refractivity contribution < 1.29 is 8.42 Å². The fraction of sp³-hybridized carbons (Fsp3) is 0.133. The normalized spacial score (nSPS) is 11.8. The number of benzene rings is 2. The third-order valence-electron chi connectivity index (χ3n) is 2.87. The van der Waals surface area contributed by atoms with Crippen molar-refractivity contribution in [2.24, 2.45) is 5.10 Å². The molecule has 0 atom stereocenters. The zero-order valence-electron chi connectivity index (χ0n) is 11.7. The first-order valence-corrected chi connectivity index (χ1v) is 8.12.